The predicted molar refractivity (Wildman–Crippen MR) is 67.1 cm³/mol. The van der Waals surface area contributed by atoms with Crippen molar-refractivity contribution in [2.75, 3.05) is 0 Å². The first-order valence-electron chi connectivity index (χ1n) is 5.29. The van der Waals surface area contributed by atoms with E-state index in [0.717, 1.165) is 12.2 Å². The Bertz CT molecular complexity index is 608. The minimum Gasteiger partial charge on any atom is -0.301 e. The maximum Gasteiger partial charge on any atom is 0.118 e. The third kappa shape index (κ3) is 1.53. The van der Waals surface area contributed by atoms with Crippen LogP contribution in [-0.2, 0) is 6.42 Å². The number of hydrogen-bond donors (Lipinski definition) is 0. The number of hydrogen-bond acceptors (Lipinski definition) is 2. The molecule has 0 saturated heterocycles. The Balaban J connectivity index is 2.10. The van der Waals surface area contributed by atoms with E-state index >= 15 is 0 Å². The van der Waals surface area contributed by atoms with Crippen molar-refractivity contribution in [3.8, 4) is 0 Å². The molecule has 0 spiro atoms. The van der Waals surface area contributed by atoms with E-state index in [9.17, 15) is 0 Å². The Morgan fingerprint density at radius 2 is 2.19 bits per heavy atom. The van der Waals surface area contributed by atoms with Crippen molar-refractivity contribution >= 4 is 16.9 Å². The zero-order chi connectivity index (χ0) is 11.0. The SMILES string of the molecule is Cc1cccc2cnc(Cc3cccs3)n12. The minimum atomic E-state index is 0.913. The van der Waals surface area contributed by atoms with E-state index < -0.39 is 0 Å². The lowest BCUT2D eigenvalue weighted by Gasteiger charge is -2.03. The second kappa shape index (κ2) is 3.76. The molecule has 0 saturated carbocycles. The second-order valence-electron chi connectivity index (χ2n) is 3.86. The van der Waals surface area contributed by atoms with E-state index in [0.29, 0.717) is 0 Å². The number of imidazole rings is 1. The first-order chi connectivity index (χ1) is 7.84. The third-order valence-corrected chi connectivity index (χ3v) is 3.61. The molecular weight excluding hydrogens is 216 g/mol. The monoisotopic (exact) mass is 228 g/mol. The lowest BCUT2D eigenvalue weighted by molar-refractivity contribution is 0.941. The van der Waals surface area contributed by atoms with Gasteiger partial charge in [0.2, 0.25) is 0 Å². The Morgan fingerprint density at radius 3 is 3.00 bits per heavy atom. The topological polar surface area (TPSA) is 17.3 Å². The smallest absolute Gasteiger partial charge is 0.118 e. The largest absolute Gasteiger partial charge is 0.301 e. The van der Waals surface area contributed by atoms with Crippen LogP contribution in [0.4, 0.5) is 0 Å². The fourth-order valence-corrected chi connectivity index (χ4v) is 2.69. The van der Waals surface area contributed by atoms with Gasteiger partial charge in [0.05, 0.1) is 11.7 Å². The van der Waals surface area contributed by atoms with Crippen LogP contribution in [0.5, 0.6) is 0 Å². The van der Waals surface area contributed by atoms with Gasteiger partial charge < -0.3 is 4.40 Å². The second-order valence-corrected chi connectivity index (χ2v) is 4.89. The molecule has 0 unspecified atom stereocenters. The van der Waals surface area contributed by atoms with Gasteiger partial charge in [-0.15, -0.1) is 11.3 Å². The molecule has 3 rings (SSSR count). The normalized spacial score (nSPS) is 11.1. The van der Waals surface area contributed by atoms with Crippen molar-refractivity contribution in [2.24, 2.45) is 0 Å². The van der Waals surface area contributed by atoms with Crippen LogP contribution < -0.4 is 0 Å². The van der Waals surface area contributed by atoms with Gasteiger partial charge in [-0.05, 0) is 30.5 Å². The van der Waals surface area contributed by atoms with Gasteiger partial charge >= 0.3 is 0 Å². The molecule has 0 aliphatic rings. The molecule has 0 aliphatic heterocycles. The molecular formula is C13H12N2S. The highest BCUT2D eigenvalue weighted by molar-refractivity contribution is 7.09. The fourth-order valence-electron chi connectivity index (χ4n) is 1.98. The molecule has 0 N–H and O–H groups in total. The molecule has 0 amide bonds. The van der Waals surface area contributed by atoms with E-state index in [1.807, 2.05) is 6.20 Å². The zero-order valence-electron chi connectivity index (χ0n) is 9.05. The van der Waals surface area contributed by atoms with Crippen LogP contribution >= 0.6 is 11.3 Å². The van der Waals surface area contributed by atoms with Gasteiger partial charge in [0.1, 0.15) is 5.82 Å². The molecule has 0 aliphatic carbocycles. The van der Waals surface area contributed by atoms with Crippen molar-refractivity contribution in [3.05, 3.63) is 58.3 Å². The van der Waals surface area contributed by atoms with Gasteiger partial charge in [0, 0.05) is 17.0 Å². The number of nitrogens with zero attached hydrogens (tertiary/aromatic N) is 2. The van der Waals surface area contributed by atoms with Crippen LogP contribution in [0.25, 0.3) is 5.52 Å². The molecule has 3 heteroatoms. The number of aryl methyl sites for hydroxylation is 1. The summed E-state index contributed by atoms with van der Waals surface area (Å²) < 4.78 is 2.22. The summed E-state index contributed by atoms with van der Waals surface area (Å²) in [5.74, 6) is 1.12. The van der Waals surface area contributed by atoms with Crippen molar-refractivity contribution < 1.29 is 0 Å². The molecule has 16 heavy (non-hydrogen) atoms. The number of thiophene rings is 1. The standard InChI is InChI=1S/C13H12N2S/c1-10-4-2-5-11-9-14-13(15(10)11)8-12-6-3-7-16-12/h2-7,9H,8H2,1H3. The van der Waals surface area contributed by atoms with Crippen LogP contribution in [0.2, 0.25) is 0 Å². The quantitative estimate of drug-likeness (QED) is 0.658. The number of pyridine rings is 1. The van der Waals surface area contributed by atoms with E-state index in [-0.39, 0.29) is 0 Å². The van der Waals surface area contributed by atoms with Crippen LogP contribution in [0.1, 0.15) is 16.4 Å². The first kappa shape index (κ1) is 9.60. The molecule has 0 radical (unpaired) electrons. The van der Waals surface area contributed by atoms with Crippen molar-refractivity contribution in [1.29, 1.82) is 0 Å². The molecule has 80 valence electrons. The summed E-state index contributed by atoms with van der Waals surface area (Å²) in [5.41, 5.74) is 2.41. The molecule has 0 atom stereocenters. The highest BCUT2D eigenvalue weighted by Crippen LogP contribution is 2.16. The summed E-state index contributed by atoms with van der Waals surface area (Å²) in [6, 6.07) is 10.5. The van der Waals surface area contributed by atoms with Crippen LogP contribution in [0.15, 0.2) is 41.9 Å². The van der Waals surface area contributed by atoms with Gasteiger partial charge in [0.15, 0.2) is 0 Å². The highest BCUT2D eigenvalue weighted by Gasteiger charge is 2.06. The predicted octanol–water partition coefficient (Wildman–Crippen LogP) is 3.30. The lowest BCUT2D eigenvalue weighted by atomic mass is 10.3. The Hall–Kier alpha value is -1.61. The summed E-state index contributed by atoms with van der Waals surface area (Å²) in [6.45, 7) is 2.12. The molecule has 3 aromatic rings. The average molecular weight is 228 g/mol. The Labute approximate surface area is 98.2 Å². The van der Waals surface area contributed by atoms with Crippen LogP contribution in [-0.4, -0.2) is 9.38 Å². The van der Waals surface area contributed by atoms with E-state index in [1.165, 1.54) is 16.1 Å². The maximum atomic E-state index is 4.50. The third-order valence-electron chi connectivity index (χ3n) is 2.73. The number of fused-ring (bicyclic) bond motifs is 1. The minimum absolute atomic E-state index is 0.913. The molecule has 0 bridgehead atoms. The van der Waals surface area contributed by atoms with Gasteiger partial charge in [-0.1, -0.05) is 12.1 Å². The van der Waals surface area contributed by atoms with Crippen LogP contribution in [0.3, 0.4) is 0 Å². The van der Waals surface area contributed by atoms with E-state index in [4.69, 9.17) is 0 Å². The molecule has 3 aromatic heterocycles. The fraction of sp³-hybridized carbons (Fsp3) is 0.154. The first-order valence-corrected chi connectivity index (χ1v) is 6.17. The highest BCUT2D eigenvalue weighted by atomic mass is 32.1. The Kier molecular flexibility index (Phi) is 2.26. The molecule has 3 heterocycles. The zero-order valence-corrected chi connectivity index (χ0v) is 9.87. The lowest BCUT2D eigenvalue weighted by Crippen LogP contribution is -1.98. The molecule has 0 aromatic carbocycles. The van der Waals surface area contributed by atoms with E-state index in [1.54, 1.807) is 11.3 Å². The van der Waals surface area contributed by atoms with Crippen molar-refractivity contribution in [3.63, 3.8) is 0 Å². The summed E-state index contributed by atoms with van der Waals surface area (Å²) in [7, 11) is 0. The summed E-state index contributed by atoms with van der Waals surface area (Å²) in [4.78, 5) is 5.86. The Morgan fingerprint density at radius 1 is 1.25 bits per heavy atom. The summed E-state index contributed by atoms with van der Waals surface area (Å²) in [6.07, 6.45) is 2.85. The average Bonchev–Trinajstić information content (AvgIpc) is 2.90. The van der Waals surface area contributed by atoms with E-state index in [2.05, 4.69) is 52.0 Å². The van der Waals surface area contributed by atoms with Crippen LogP contribution in [0, 0.1) is 6.92 Å². The number of aromatic nitrogens is 2. The van der Waals surface area contributed by atoms with Gasteiger partial charge in [-0.2, -0.15) is 0 Å². The van der Waals surface area contributed by atoms with Crippen molar-refractivity contribution in [2.45, 2.75) is 13.3 Å². The summed E-state index contributed by atoms with van der Waals surface area (Å²) >= 11 is 1.78. The van der Waals surface area contributed by atoms with Gasteiger partial charge in [-0.3, -0.25) is 0 Å². The van der Waals surface area contributed by atoms with Gasteiger partial charge in [0.25, 0.3) is 0 Å². The molecule has 2 nitrogen and oxygen atoms in total. The number of rotatable bonds is 2. The van der Waals surface area contributed by atoms with Gasteiger partial charge in [-0.25, -0.2) is 4.98 Å². The summed E-state index contributed by atoms with van der Waals surface area (Å²) in [5, 5.41) is 2.11. The maximum absolute atomic E-state index is 4.50. The molecule has 0 fully saturated rings. The van der Waals surface area contributed by atoms with Crippen molar-refractivity contribution in [1.82, 2.24) is 9.38 Å².